The van der Waals surface area contributed by atoms with Crippen molar-refractivity contribution in [1.29, 1.82) is 0 Å². The number of rotatable bonds is 7. The molecule has 1 heterocycles. The number of ether oxygens (including phenoxy) is 4. The molecule has 24 heavy (non-hydrogen) atoms. The lowest BCUT2D eigenvalue weighted by molar-refractivity contribution is -0.146. The predicted octanol–water partition coefficient (Wildman–Crippen LogP) is 3.72. The molecule has 2 aromatic rings. The van der Waals surface area contributed by atoms with Crippen LogP contribution < -0.4 is 9.47 Å². The van der Waals surface area contributed by atoms with Crippen molar-refractivity contribution in [3.8, 4) is 11.5 Å². The quantitative estimate of drug-likeness (QED) is 0.564. The molecule has 0 saturated heterocycles. The number of hydrogen-bond acceptors (Lipinski definition) is 5. The van der Waals surface area contributed by atoms with Crippen LogP contribution in [0, 0.1) is 0 Å². The molecular formula is C18H17ClO5. The van der Waals surface area contributed by atoms with Crippen LogP contribution in [0.2, 0.25) is 5.02 Å². The molecule has 126 valence electrons. The van der Waals surface area contributed by atoms with E-state index >= 15 is 0 Å². The standard InChI is InChI=1S/C18H17ClO5/c19-15-8-14(9-16-18(15)24-12-23-16)11-22-17(20)6-7-21-10-13-4-2-1-3-5-13/h1-5,8-9H,6-7,10-12H2. The molecule has 1 aliphatic rings. The maximum absolute atomic E-state index is 11.8. The normalized spacial score (nSPS) is 12.2. The molecule has 0 aromatic heterocycles. The molecule has 0 radical (unpaired) electrons. The van der Waals surface area contributed by atoms with Crippen LogP contribution in [0.25, 0.3) is 0 Å². The van der Waals surface area contributed by atoms with Gasteiger partial charge in [0.25, 0.3) is 0 Å². The highest BCUT2D eigenvalue weighted by Gasteiger charge is 2.18. The Morgan fingerprint density at radius 3 is 2.75 bits per heavy atom. The van der Waals surface area contributed by atoms with E-state index in [4.69, 9.17) is 30.5 Å². The summed E-state index contributed by atoms with van der Waals surface area (Å²) in [6, 6.07) is 13.3. The van der Waals surface area contributed by atoms with E-state index in [0.717, 1.165) is 11.1 Å². The van der Waals surface area contributed by atoms with E-state index in [1.54, 1.807) is 12.1 Å². The molecule has 0 N–H and O–H groups in total. The Bertz CT molecular complexity index is 702. The molecule has 0 fully saturated rings. The number of halogens is 1. The average molecular weight is 349 g/mol. The van der Waals surface area contributed by atoms with Crippen LogP contribution in [0.4, 0.5) is 0 Å². The molecule has 5 nitrogen and oxygen atoms in total. The van der Waals surface area contributed by atoms with Gasteiger partial charge in [0.2, 0.25) is 6.79 Å². The third kappa shape index (κ3) is 4.40. The van der Waals surface area contributed by atoms with E-state index in [-0.39, 0.29) is 25.8 Å². The van der Waals surface area contributed by atoms with Crippen molar-refractivity contribution in [2.24, 2.45) is 0 Å². The first-order valence-corrected chi connectivity index (χ1v) is 7.95. The minimum atomic E-state index is -0.322. The third-order valence-electron chi connectivity index (χ3n) is 3.45. The van der Waals surface area contributed by atoms with E-state index in [2.05, 4.69) is 0 Å². The molecule has 0 unspecified atom stereocenters. The van der Waals surface area contributed by atoms with Crippen LogP contribution in [0.5, 0.6) is 11.5 Å². The fraction of sp³-hybridized carbons (Fsp3) is 0.278. The third-order valence-corrected chi connectivity index (χ3v) is 3.73. The zero-order chi connectivity index (χ0) is 16.8. The molecule has 0 amide bonds. The first-order valence-electron chi connectivity index (χ1n) is 7.57. The van der Waals surface area contributed by atoms with Crippen LogP contribution in [-0.4, -0.2) is 19.4 Å². The van der Waals surface area contributed by atoms with Gasteiger partial charge in [0.05, 0.1) is 24.7 Å². The van der Waals surface area contributed by atoms with Crippen LogP contribution in [0.3, 0.4) is 0 Å². The zero-order valence-electron chi connectivity index (χ0n) is 13.0. The Morgan fingerprint density at radius 2 is 1.92 bits per heavy atom. The van der Waals surface area contributed by atoms with Crippen LogP contribution in [0.1, 0.15) is 17.5 Å². The van der Waals surface area contributed by atoms with Gasteiger partial charge in [-0.05, 0) is 23.3 Å². The van der Waals surface area contributed by atoms with Gasteiger partial charge in [-0.1, -0.05) is 41.9 Å². The first kappa shape index (κ1) is 16.6. The highest BCUT2D eigenvalue weighted by atomic mass is 35.5. The van der Waals surface area contributed by atoms with Gasteiger partial charge in [-0.15, -0.1) is 0 Å². The van der Waals surface area contributed by atoms with Gasteiger partial charge < -0.3 is 18.9 Å². The molecule has 2 aromatic carbocycles. The summed E-state index contributed by atoms with van der Waals surface area (Å²) >= 11 is 6.09. The second-order valence-electron chi connectivity index (χ2n) is 5.26. The minimum absolute atomic E-state index is 0.133. The Balaban J connectivity index is 1.39. The molecule has 0 saturated carbocycles. The minimum Gasteiger partial charge on any atom is -0.461 e. The molecular weight excluding hydrogens is 332 g/mol. The van der Waals surface area contributed by atoms with Crippen molar-refractivity contribution >= 4 is 17.6 Å². The van der Waals surface area contributed by atoms with E-state index in [1.807, 2.05) is 30.3 Å². The average Bonchev–Trinajstić information content (AvgIpc) is 3.07. The van der Waals surface area contributed by atoms with Crippen LogP contribution in [0.15, 0.2) is 42.5 Å². The van der Waals surface area contributed by atoms with Crippen LogP contribution in [-0.2, 0) is 27.5 Å². The maximum Gasteiger partial charge on any atom is 0.308 e. The number of hydrogen-bond donors (Lipinski definition) is 0. The first-order chi connectivity index (χ1) is 11.7. The summed E-state index contributed by atoms with van der Waals surface area (Å²) in [5.41, 5.74) is 1.82. The number of esters is 1. The summed E-state index contributed by atoms with van der Waals surface area (Å²) in [5.74, 6) is 0.776. The summed E-state index contributed by atoms with van der Waals surface area (Å²) in [4.78, 5) is 11.8. The number of carbonyl (C=O) groups is 1. The monoisotopic (exact) mass is 348 g/mol. The summed E-state index contributed by atoms with van der Waals surface area (Å²) in [5, 5.41) is 0.447. The number of benzene rings is 2. The second kappa shape index (κ2) is 8.04. The van der Waals surface area contributed by atoms with E-state index in [1.165, 1.54) is 0 Å². The summed E-state index contributed by atoms with van der Waals surface area (Å²) in [6.07, 6.45) is 0.200. The fourth-order valence-corrected chi connectivity index (χ4v) is 2.55. The van der Waals surface area contributed by atoms with Crippen LogP contribution >= 0.6 is 11.6 Å². The van der Waals surface area contributed by atoms with Crippen molar-refractivity contribution < 1.29 is 23.7 Å². The molecule has 0 aliphatic carbocycles. The molecule has 3 rings (SSSR count). The van der Waals surface area contributed by atoms with Crippen molar-refractivity contribution in [3.63, 3.8) is 0 Å². The van der Waals surface area contributed by atoms with E-state index in [0.29, 0.717) is 29.7 Å². The molecule has 0 atom stereocenters. The van der Waals surface area contributed by atoms with Gasteiger partial charge in [-0.2, -0.15) is 0 Å². The van der Waals surface area contributed by atoms with Gasteiger partial charge in [0.1, 0.15) is 6.61 Å². The van der Waals surface area contributed by atoms with Gasteiger partial charge in [-0.25, -0.2) is 0 Å². The predicted molar refractivity (Wildman–Crippen MR) is 88.1 cm³/mol. The van der Waals surface area contributed by atoms with Gasteiger partial charge in [0, 0.05) is 0 Å². The smallest absolute Gasteiger partial charge is 0.308 e. The lowest BCUT2D eigenvalue weighted by atomic mass is 10.2. The number of carbonyl (C=O) groups excluding carboxylic acids is 1. The van der Waals surface area contributed by atoms with Crippen molar-refractivity contribution in [1.82, 2.24) is 0 Å². The highest BCUT2D eigenvalue weighted by Crippen LogP contribution is 2.39. The Hall–Kier alpha value is -2.24. The van der Waals surface area contributed by atoms with Crippen molar-refractivity contribution in [3.05, 3.63) is 58.6 Å². The summed E-state index contributed by atoms with van der Waals surface area (Å²) < 4.78 is 21.2. The molecule has 1 aliphatic heterocycles. The van der Waals surface area contributed by atoms with Gasteiger partial charge >= 0.3 is 5.97 Å². The number of fused-ring (bicyclic) bond motifs is 1. The Kier molecular flexibility index (Phi) is 5.56. The molecule has 0 spiro atoms. The van der Waals surface area contributed by atoms with Gasteiger partial charge in [-0.3, -0.25) is 4.79 Å². The molecule has 0 bridgehead atoms. The Morgan fingerprint density at radius 1 is 1.08 bits per heavy atom. The zero-order valence-corrected chi connectivity index (χ0v) is 13.8. The Labute approximate surface area is 145 Å². The van der Waals surface area contributed by atoms with Crippen molar-refractivity contribution in [2.45, 2.75) is 19.6 Å². The summed E-state index contributed by atoms with van der Waals surface area (Å²) in [7, 11) is 0. The maximum atomic E-state index is 11.8. The largest absolute Gasteiger partial charge is 0.461 e. The lowest BCUT2D eigenvalue weighted by Gasteiger charge is -2.07. The second-order valence-corrected chi connectivity index (χ2v) is 5.67. The summed E-state index contributed by atoms with van der Waals surface area (Å²) in [6.45, 7) is 1.08. The topological polar surface area (TPSA) is 54.0 Å². The highest BCUT2D eigenvalue weighted by molar-refractivity contribution is 6.32. The van der Waals surface area contributed by atoms with E-state index in [9.17, 15) is 4.79 Å². The SMILES string of the molecule is O=C(CCOCc1ccccc1)OCc1cc(Cl)c2c(c1)OCO2. The van der Waals surface area contributed by atoms with E-state index < -0.39 is 0 Å². The van der Waals surface area contributed by atoms with Crippen molar-refractivity contribution in [2.75, 3.05) is 13.4 Å². The molecule has 6 heteroatoms. The lowest BCUT2D eigenvalue weighted by Crippen LogP contribution is -2.08. The fourth-order valence-electron chi connectivity index (χ4n) is 2.26. The van der Waals surface area contributed by atoms with Gasteiger partial charge in [0.15, 0.2) is 11.5 Å².